The molecule has 0 fully saturated rings. The Balaban J connectivity index is 1.46. The fraction of sp³-hybridized carbons (Fsp3) is 0. The van der Waals surface area contributed by atoms with Crippen molar-refractivity contribution in [3.63, 3.8) is 0 Å². The van der Waals surface area contributed by atoms with Crippen LogP contribution in [-0.2, 0) is 0 Å². The molecule has 28 heavy (non-hydrogen) atoms. The molecule has 0 aliphatic heterocycles. The van der Waals surface area contributed by atoms with Crippen molar-refractivity contribution in [2.75, 3.05) is 11.1 Å². The van der Waals surface area contributed by atoms with Crippen LogP contribution in [0.2, 0.25) is 0 Å². The van der Waals surface area contributed by atoms with Gasteiger partial charge < -0.3 is 11.1 Å². The Morgan fingerprint density at radius 1 is 0.750 bits per heavy atom. The number of benzene rings is 2. The molecule has 0 saturated carbocycles. The highest BCUT2D eigenvalue weighted by atomic mass is 15.1. The number of hydrogen-bond acceptors (Lipinski definition) is 6. The van der Waals surface area contributed by atoms with E-state index in [0.717, 1.165) is 38.6 Å². The normalized spacial score (nSPS) is 11.0. The summed E-state index contributed by atoms with van der Waals surface area (Å²) in [5, 5.41) is 5.30. The van der Waals surface area contributed by atoms with Gasteiger partial charge in [0.05, 0.1) is 11.0 Å². The second-order valence-electron chi connectivity index (χ2n) is 6.44. The molecule has 134 valence electrons. The second-order valence-corrected chi connectivity index (χ2v) is 6.44. The zero-order valence-corrected chi connectivity index (χ0v) is 14.9. The molecule has 0 atom stereocenters. The molecule has 0 spiro atoms. The molecule has 0 bridgehead atoms. The first kappa shape index (κ1) is 16.1. The van der Waals surface area contributed by atoms with Crippen molar-refractivity contribution in [2.24, 2.45) is 0 Å². The first-order valence-electron chi connectivity index (χ1n) is 8.86. The van der Waals surface area contributed by atoms with Gasteiger partial charge in [0, 0.05) is 40.6 Å². The molecule has 0 radical (unpaired) electrons. The molecule has 6 nitrogen and oxygen atoms in total. The lowest BCUT2D eigenvalue weighted by Gasteiger charge is -2.10. The van der Waals surface area contributed by atoms with Gasteiger partial charge in [-0.3, -0.25) is 9.97 Å². The largest absolute Gasteiger partial charge is 0.383 e. The first-order valence-corrected chi connectivity index (χ1v) is 8.86. The summed E-state index contributed by atoms with van der Waals surface area (Å²) in [6.07, 6.45) is 5.30. The van der Waals surface area contributed by atoms with E-state index in [-0.39, 0.29) is 0 Å². The van der Waals surface area contributed by atoms with Crippen molar-refractivity contribution in [3.8, 4) is 11.1 Å². The lowest BCUT2D eigenvalue weighted by atomic mass is 10.1. The summed E-state index contributed by atoms with van der Waals surface area (Å²) < 4.78 is 0. The third-order valence-corrected chi connectivity index (χ3v) is 4.59. The van der Waals surface area contributed by atoms with E-state index in [1.165, 1.54) is 0 Å². The van der Waals surface area contributed by atoms with Crippen LogP contribution < -0.4 is 11.1 Å². The topological polar surface area (TPSA) is 89.6 Å². The second kappa shape index (κ2) is 6.59. The Morgan fingerprint density at radius 2 is 1.46 bits per heavy atom. The van der Waals surface area contributed by atoms with Gasteiger partial charge in [-0.15, -0.1) is 0 Å². The predicted octanol–water partition coefficient (Wildman–Crippen LogP) is 4.57. The number of rotatable bonds is 3. The Kier molecular flexibility index (Phi) is 3.80. The maximum absolute atomic E-state index is 6.22. The van der Waals surface area contributed by atoms with E-state index in [4.69, 9.17) is 5.73 Å². The van der Waals surface area contributed by atoms with Gasteiger partial charge in [0.2, 0.25) is 5.95 Å². The van der Waals surface area contributed by atoms with E-state index in [1.54, 1.807) is 18.6 Å². The molecule has 0 unspecified atom stereocenters. The fourth-order valence-electron chi connectivity index (χ4n) is 3.20. The van der Waals surface area contributed by atoms with Gasteiger partial charge in [-0.1, -0.05) is 18.2 Å². The van der Waals surface area contributed by atoms with Crippen molar-refractivity contribution in [3.05, 3.63) is 79.3 Å². The summed E-state index contributed by atoms with van der Waals surface area (Å²) in [4.78, 5) is 17.5. The monoisotopic (exact) mass is 364 g/mol. The maximum Gasteiger partial charge on any atom is 0.229 e. The predicted molar refractivity (Wildman–Crippen MR) is 112 cm³/mol. The number of pyridine rings is 2. The third-order valence-electron chi connectivity index (χ3n) is 4.59. The Labute approximate surface area is 161 Å². The number of aromatic nitrogens is 4. The van der Waals surface area contributed by atoms with Crippen LogP contribution >= 0.6 is 0 Å². The van der Waals surface area contributed by atoms with Gasteiger partial charge in [0.1, 0.15) is 5.82 Å². The van der Waals surface area contributed by atoms with Gasteiger partial charge in [0.25, 0.3) is 0 Å². The van der Waals surface area contributed by atoms with E-state index in [0.29, 0.717) is 11.8 Å². The summed E-state index contributed by atoms with van der Waals surface area (Å²) in [6, 6.07) is 19.8. The lowest BCUT2D eigenvalue weighted by molar-refractivity contribution is 1.18. The van der Waals surface area contributed by atoms with Crippen LogP contribution in [0.25, 0.3) is 32.9 Å². The van der Waals surface area contributed by atoms with Crippen LogP contribution in [0, 0.1) is 0 Å². The molecule has 6 heteroatoms. The van der Waals surface area contributed by atoms with Crippen LogP contribution in [0.5, 0.6) is 0 Å². The molecular formula is C22H16N6. The zero-order valence-electron chi connectivity index (χ0n) is 14.9. The minimum atomic E-state index is 0.420. The van der Waals surface area contributed by atoms with Crippen LogP contribution in [0.3, 0.4) is 0 Å². The highest BCUT2D eigenvalue weighted by Gasteiger charge is 2.08. The number of nitrogens with two attached hydrogens (primary N) is 1. The number of anilines is 3. The summed E-state index contributed by atoms with van der Waals surface area (Å²) in [5.74, 6) is 0.871. The third kappa shape index (κ3) is 2.97. The van der Waals surface area contributed by atoms with Gasteiger partial charge in [-0.25, -0.2) is 4.98 Å². The highest BCUT2D eigenvalue weighted by Crippen LogP contribution is 2.28. The maximum atomic E-state index is 6.22. The van der Waals surface area contributed by atoms with Crippen LogP contribution in [-0.4, -0.2) is 19.9 Å². The summed E-state index contributed by atoms with van der Waals surface area (Å²) in [5.41, 5.74) is 10.7. The Bertz CT molecular complexity index is 1310. The molecule has 3 N–H and O–H groups in total. The number of nitrogens with one attached hydrogen (secondary N) is 1. The standard InChI is InChI=1S/C22H16N6/c23-21-18(14-5-7-19-15(11-14)3-1-9-24-19)13-26-22(28-21)27-17-6-8-20-16(12-17)4-2-10-25-20/h1-13H,(H3,23,26,27,28). The van der Waals surface area contributed by atoms with Gasteiger partial charge in [-0.05, 0) is 48.0 Å². The molecule has 0 amide bonds. The van der Waals surface area contributed by atoms with E-state index in [1.807, 2.05) is 60.7 Å². The van der Waals surface area contributed by atoms with Crippen molar-refractivity contribution in [1.82, 2.24) is 19.9 Å². The molecule has 3 aromatic heterocycles. The van der Waals surface area contributed by atoms with Crippen LogP contribution in [0.4, 0.5) is 17.5 Å². The zero-order chi connectivity index (χ0) is 18.9. The quantitative estimate of drug-likeness (QED) is 0.487. The Hall–Kier alpha value is -4.06. The fourth-order valence-corrected chi connectivity index (χ4v) is 3.20. The highest BCUT2D eigenvalue weighted by molar-refractivity contribution is 5.87. The smallest absolute Gasteiger partial charge is 0.229 e. The first-order chi connectivity index (χ1) is 13.8. The molecule has 5 rings (SSSR count). The van der Waals surface area contributed by atoms with Crippen molar-refractivity contribution in [2.45, 2.75) is 0 Å². The molecular weight excluding hydrogens is 348 g/mol. The molecule has 2 aromatic carbocycles. The average Bonchev–Trinajstić information content (AvgIpc) is 2.73. The molecule has 0 saturated heterocycles. The van der Waals surface area contributed by atoms with Crippen molar-refractivity contribution in [1.29, 1.82) is 0 Å². The van der Waals surface area contributed by atoms with Crippen molar-refractivity contribution >= 4 is 39.3 Å². The molecule has 0 aliphatic carbocycles. The van der Waals surface area contributed by atoms with Gasteiger partial charge in [0.15, 0.2) is 0 Å². The minimum Gasteiger partial charge on any atom is -0.383 e. The van der Waals surface area contributed by atoms with Gasteiger partial charge in [-0.2, -0.15) is 4.98 Å². The molecule has 0 aliphatic rings. The number of nitrogens with zero attached hydrogens (tertiary/aromatic N) is 4. The number of fused-ring (bicyclic) bond motifs is 2. The summed E-state index contributed by atoms with van der Waals surface area (Å²) >= 11 is 0. The van der Waals surface area contributed by atoms with Gasteiger partial charge >= 0.3 is 0 Å². The molecule has 5 aromatic rings. The average molecular weight is 364 g/mol. The summed E-state index contributed by atoms with van der Waals surface area (Å²) in [7, 11) is 0. The SMILES string of the molecule is Nc1nc(Nc2ccc3ncccc3c2)ncc1-c1ccc2ncccc2c1. The van der Waals surface area contributed by atoms with E-state index < -0.39 is 0 Å². The lowest BCUT2D eigenvalue weighted by Crippen LogP contribution is -2.02. The van der Waals surface area contributed by atoms with E-state index in [2.05, 4.69) is 25.3 Å². The summed E-state index contributed by atoms with van der Waals surface area (Å²) in [6.45, 7) is 0. The van der Waals surface area contributed by atoms with E-state index >= 15 is 0 Å². The van der Waals surface area contributed by atoms with E-state index in [9.17, 15) is 0 Å². The van der Waals surface area contributed by atoms with Crippen molar-refractivity contribution < 1.29 is 0 Å². The number of nitrogen functional groups attached to an aromatic ring is 1. The Morgan fingerprint density at radius 3 is 2.21 bits per heavy atom. The number of hydrogen-bond donors (Lipinski definition) is 2. The minimum absolute atomic E-state index is 0.420. The van der Waals surface area contributed by atoms with Crippen LogP contribution in [0.15, 0.2) is 79.3 Å². The van der Waals surface area contributed by atoms with Crippen LogP contribution in [0.1, 0.15) is 0 Å². The molecule has 3 heterocycles.